The van der Waals surface area contributed by atoms with Crippen LogP contribution in [0.15, 0.2) is 12.3 Å². The molecule has 1 unspecified atom stereocenters. The number of hydrogen-bond acceptors (Lipinski definition) is 2. The van der Waals surface area contributed by atoms with Crippen LogP contribution < -0.4 is 11.1 Å². The first-order valence-electron chi connectivity index (χ1n) is 6.27. The van der Waals surface area contributed by atoms with Gasteiger partial charge in [0.2, 0.25) is 0 Å². The van der Waals surface area contributed by atoms with Gasteiger partial charge >= 0.3 is 0 Å². The molecule has 3 N–H and O–H groups in total. The van der Waals surface area contributed by atoms with Crippen molar-refractivity contribution in [2.24, 2.45) is 5.92 Å². The van der Waals surface area contributed by atoms with Crippen LogP contribution in [0, 0.1) is 18.3 Å². The number of hydrogen-bond donors (Lipinski definition) is 2. The first-order valence-corrected chi connectivity index (χ1v) is 6.27. The summed E-state index contributed by atoms with van der Waals surface area (Å²) in [6.45, 7) is 3.97. The molecule has 0 bridgehead atoms. The Hall–Kier alpha value is -1.89. The summed E-state index contributed by atoms with van der Waals surface area (Å²) in [6.07, 6.45) is 9.46. The highest BCUT2D eigenvalue weighted by molar-refractivity contribution is 5.94. The van der Waals surface area contributed by atoms with Crippen LogP contribution in [0.2, 0.25) is 0 Å². The monoisotopic (exact) mass is 245 g/mol. The van der Waals surface area contributed by atoms with Crippen molar-refractivity contribution in [1.29, 1.82) is 0 Å². The van der Waals surface area contributed by atoms with Gasteiger partial charge in [0.15, 0.2) is 0 Å². The second-order valence-electron chi connectivity index (χ2n) is 5.16. The first kappa shape index (κ1) is 12.6. The molecule has 1 saturated carbocycles. The van der Waals surface area contributed by atoms with E-state index in [0.29, 0.717) is 17.4 Å². The molecule has 2 rings (SSSR count). The zero-order valence-corrected chi connectivity index (χ0v) is 10.8. The molecule has 4 heteroatoms. The van der Waals surface area contributed by atoms with Gasteiger partial charge in [-0.25, -0.2) is 0 Å². The van der Waals surface area contributed by atoms with Gasteiger partial charge in [-0.1, -0.05) is 19.8 Å². The smallest absolute Gasteiger partial charge is 0.268 e. The number of nitrogens with two attached hydrogens (primary N) is 1. The number of nitrogens with one attached hydrogen (secondary N) is 1. The molecule has 1 atom stereocenters. The summed E-state index contributed by atoms with van der Waals surface area (Å²) < 4.78 is 1.96. The normalized spacial score (nSPS) is 16.3. The number of rotatable bonds is 4. The molecule has 0 aliphatic heterocycles. The van der Waals surface area contributed by atoms with Crippen LogP contribution in [0.4, 0.5) is 5.69 Å². The highest BCUT2D eigenvalue weighted by Crippen LogP contribution is 2.37. The zero-order chi connectivity index (χ0) is 13.3. The van der Waals surface area contributed by atoms with Gasteiger partial charge in [-0.15, -0.1) is 6.42 Å². The van der Waals surface area contributed by atoms with Crippen molar-refractivity contribution < 1.29 is 4.79 Å². The van der Waals surface area contributed by atoms with E-state index in [9.17, 15) is 4.79 Å². The number of nitrogen functional groups attached to an aromatic ring is 1. The van der Waals surface area contributed by atoms with Crippen LogP contribution >= 0.6 is 0 Å². The Balaban J connectivity index is 2.16. The highest BCUT2D eigenvalue weighted by atomic mass is 16.2. The van der Waals surface area contributed by atoms with Crippen LogP contribution in [-0.4, -0.2) is 16.5 Å². The molecule has 1 aromatic heterocycles. The molecular formula is C14H19N3O. The maximum absolute atomic E-state index is 12.2. The number of carbonyl (C=O) groups excluding carboxylic acids is 1. The first-order chi connectivity index (χ1) is 8.52. The molecule has 18 heavy (non-hydrogen) atoms. The van der Waals surface area contributed by atoms with E-state index in [1.807, 2.05) is 24.6 Å². The van der Waals surface area contributed by atoms with E-state index in [0.717, 1.165) is 12.8 Å². The molecule has 1 aliphatic rings. The van der Waals surface area contributed by atoms with Gasteiger partial charge in [-0.2, -0.15) is 0 Å². The third-order valence-electron chi connectivity index (χ3n) is 3.18. The minimum absolute atomic E-state index is 0.143. The number of carbonyl (C=O) groups is 1. The number of anilines is 1. The van der Waals surface area contributed by atoms with Crippen molar-refractivity contribution in [3.8, 4) is 12.3 Å². The second kappa shape index (κ2) is 4.77. The van der Waals surface area contributed by atoms with Crippen LogP contribution in [0.5, 0.6) is 0 Å². The maximum Gasteiger partial charge on any atom is 0.268 e. The average molecular weight is 245 g/mol. The average Bonchev–Trinajstić information content (AvgIpc) is 3.08. The summed E-state index contributed by atoms with van der Waals surface area (Å²) in [5.41, 5.74) is 6.99. The number of amides is 1. The van der Waals surface area contributed by atoms with E-state index in [1.54, 1.807) is 6.07 Å². The van der Waals surface area contributed by atoms with E-state index >= 15 is 0 Å². The Morgan fingerprint density at radius 2 is 2.28 bits per heavy atom. The lowest BCUT2D eigenvalue weighted by Crippen LogP contribution is -2.38. The maximum atomic E-state index is 12.2. The second-order valence-corrected chi connectivity index (χ2v) is 5.16. The van der Waals surface area contributed by atoms with Crippen molar-refractivity contribution in [1.82, 2.24) is 9.88 Å². The topological polar surface area (TPSA) is 60.1 Å². The van der Waals surface area contributed by atoms with Crippen LogP contribution in [0.25, 0.3) is 0 Å². The Bertz CT molecular complexity index is 492. The van der Waals surface area contributed by atoms with Gasteiger partial charge in [0.1, 0.15) is 5.69 Å². The SMILES string of the molecule is C#CC(NC(=O)c1cc(N)cn1C1CC1)C(C)C. The summed E-state index contributed by atoms with van der Waals surface area (Å²) >= 11 is 0. The third kappa shape index (κ3) is 2.51. The molecule has 0 aromatic carbocycles. The molecule has 96 valence electrons. The fraction of sp³-hybridized carbons (Fsp3) is 0.500. The molecule has 1 amide bonds. The van der Waals surface area contributed by atoms with Crippen molar-refractivity contribution in [3.63, 3.8) is 0 Å². The lowest BCUT2D eigenvalue weighted by Gasteiger charge is -2.17. The molecule has 0 spiro atoms. The zero-order valence-electron chi connectivity index (χ0n) is 10.8. The lowest BCUT2D eigenvalue weighted by molar-refractivity contribution is 0.0928. The Morgan fingerprint density at radius 1 is 1.61 bits per heavy atom. The van der Waals surface area contributed by atoms with Crippen molar-refractivity contribution in [2.45, 2.75) is 38.8 Å². The summed E-state index contributed by atoms with van der Waals surface area (Å²) in [5.74, 6) is 2.67. The predicted octanol–water partition coefficient (Wildman–Crippen LogP) is 1.79. The van der Waals surface area contributed by atoms with E-state index in [4.69, 9.17) is 12.2 Å². The predicted molar refractivity (Wildman–Crippen MR) is 72.0 cm³/mol. The fourth-order valence-corrected chi connectivity index (χ4v) is 1.95. The van der Waals surface area contributed by atoms with Crippen LogP contribution in [0.1, 0.15) is 43.2 Å². The molecule has 4 nitrogen and oxygen atoms in total. The molecule has 1 aliphatic carbocycles. The number of aromatic nitrogens is 1. The minimum atomic E-state index is -0.249. The van der Waals surface area contributed by atoms with Crippen LogP contribution in [-0.2, 0) is 0 Å². The largest absolute Gasteiger partial charge is 0.397 e. The summed E-state index contributed by atoms with van der Waals surface area (Å²) in [5, 5.41) is 2.87. The van der Waals surface area contributed by atoms with E-state index in [2.05, 4.69) is 11.2 Å². The summed E-state index contributed by atoms with van der Waals surface area (Å²) in [6, 6.07) is 1.88. The molecule has 1 fully saturated rings. The lowest BCUT2D eigenvalue weighted by atomic mass is 10.1. The van der Waals surface area contributed by atoms with E-state index < -0.39 is 0 Å². The van der Waals surface area contributed by atoms with Crippen molar-refractivity contribution in [2.75, 3.05) is 5.73 Å². The summed E-state index contributed by atoms with van der Waals surface area (Å²) in [4.78, 5) is 12.2. The van der Waals surface area contributed by atoms with Crippen molar-refractivity contribution in [3.05, 3.63) is 18.0 Å². The Kier molecular flexibility index (Phi) is 3.33. The molecular weight excluding hydrogens is 226 g/mol. The third-order valence-corrected chi connectivity index (χ3v) is 3.18. The summed E-state index contributed by atoms with van der Waals surface area (Å²) in [7, 11) is 0. The Labute approximate surface area is 108 Å². The van der Waals surface area contributed by atoms with Crippen LogP contribution in [0.3, 0.4) is 0 Å². The van der Waals surface area contributed by atoms with E-state index in [1.165, 1.54) is 0 Å². The van der Waals surface area contributed by atoms with Gasteiger partial charge < -0.3 is 15.6 Å². The van der Waals surface area contributed by atoms with Gasteiger partial charge in [-0.05, 0) is 24.8 Å². The molecule has 0 saturated heterocycles. The van der Waals surface area contributed by atoms with Crippen molar-refractivity contribution >= 4 is 11.6 Å². The molecule has 1 aromatic rings. The standard InChI is InChI=1S/C14H19N3O/c1-4-12(9(2)3)16-14(18)13-7-10(15)8-17(13)11-5-6-11/h1,7-9,11-12H,5-6,15H2,2-3H3,(H,16,18). The van der Waals surface area contributed by atoms with Gasteiger partial charge in [0.25, 0.3) is 5.91 Å². The highest BCUT2D eigenvalue weighted by Gasteiger charge is 2.28. The molecule has 1 heterocycles. The van der Waals surface area contributed by atoms with Gasteiger partial charge in [0.05, 0.1) is 11.7 Å². The van der Waals surface area contributed by atoms with Gasteiger partial charge in [-0.3, -0.25) is 4.79 Å². The van der Waals surface area contributed by atoms with E-state index in [-0.39, 0.29) is 17.9 Å². The Morgan fingerprint density at radius 3 is 2.78 bits per heavy atom. The quantitative estimate of drug-likeness (QED) is 0.794. The number of nitrogens with zero attached hydrogens (tertiary/aromatic N) is 1. The van der Waals surface area contributed by atoms with Gasteiger partial charge in [0, 0.05) is 12.2 Å². The minimum Gasteiger partial charge on any atom is -0.397 e. The molecule has 0 radical (unpaired) electrons. The fourth-order valence-electron chi connectivity index (χ4n) is 1.95. The number of terminal acetylenes is 1.